The summed E-state index contributed by atoms with van der Waals surface area (Å²) in [5.41, 5.74) is -0.302. The summed E-state index contributed by atoms with van der Waals surface area (Å²) >= 11 is 5.67. The van der Waals surface area contributed by atoms with Gasteiger partial charge in [0.25, 0.3) is 0 Å². The number of rotatable bonds is 3. The maximum Gasteiger partial charge on any atom is 0.411 e. The highest BCUT2D eigenvalue weighted by Crippen LogP contribution is 2.29. The van der Waals surface area contributed by atoms with Crippen molar-refractivity contribution in [3.8, 4) is 0 Å². The molecule has 1 rings (SSSR count). The lowest BCUT2D eigenvalue weighted by Crippen LogP contribution is -2.14. The molecule has 0 spiro atoms. The summed E-state index contributed by atoms with van der Waals surface area (Å²) in [5.74, 6) is -0.815. The number of sulfonamides is 1. The molecule has 0 heterocycles. The molecular weight excluding hydrogens is 287 g/mol. The molecule has 0 fully saturated rings. The van der Waals surface area contributed by atoms with Crippen molar-refractivity contribution in [2.24, 2.45) is 0 Å². The van der Waals surface area contributed by atoms with E-state index in [0.717, 1.165) is 25.5 Å². The lowest BCUT2D eigenvalue weighted by Gasteiger charge is -2.10. The van der Waals surface area contributed by atoms with Crippen molar-refractivity contribution in [3.63, 3.8) is 0 Å². The molecule has 0 unspecified atom stereocenters. The van der Waals surface area contributed by atoms with Crippen molar-refractivity contribution < 1.29 is 22.3 Å². The van der Waals surface area contributed by atoms with E-state index >= 15 is 0 Å². The highest BCUT2D eigenvalue weighted by molar-refractivity contribution is 7.92. The number of methoxy groups -OCH3 is 1. The van der Waals surface area contributed by atoms with E-state index in [0.29, 0.717) is 0 Å². The minimum absolute atomic E-state index is 0.0491. The maximum absolute atomic E-state index is 13.4. The van der Waals surface area contributed by atoms with Gasteiger partial charge in [0.05, 0.1) is 29.8 Å². The quantitative estimate of drug-likeness (QED) is 0.894. The fourth-order valence-electron chi connectivity index (χ4n) is 1.08. The Balaban J connectivity index is 3.14. The fourth-order valence-corrected chi connectivity index (χ4v) is 1.91. The minimum atomic E-state index is -3.56. The van der Waals surface area contributed by atoms with E-state index in [1.54, 1.807) is 0 Å². The molecule has 2 N–H and O–H groups in total. The lowest BCUT2D eigenvalue weighted by atomic mass is 10.2. The molecule has 0 aliphatic heterocycles. The number of benzene rings is 1. The molecule has 0 aromatic heterocycles. The summed E-state index contributed by atoms with van der Waals surface area (Å²) in [6, 6.07) is 1.93. The van der Waals surface area contributed by atoms with Gasteiger partial charge < -0.3 is 4.74 Å². The maximum atomic E-state index is 13.4. The van der Waals surface area contributed by atoms with E-state index in [1.165, 1.54) is 0 Å². The second kappa shape index (κ2) is 5.40. The summed E-state index contributed by atoms with van der Waals surface area (Å²) < 4.78 is 41.9. The zero-order valence-electron chi connectivity index (χ0n) is 9.45. The molecule has 1 aromatic carbocycles. The number of ether oxygens (including phenoxy) is 1. The predicted octanol–water partition coefficient (Wildman–Crippen LogP) is 2.03. The molecule has 0 atom stereocenters. The fraction of sp³-hybridized carbons (Fsp3) is 0.222. The number of carbonyl (C=O) groups excluding carboxylic acids is 1. The van der Waals surface area contributed by atoms with Gasteiger partial charge in [-0.3, -0.25) is 10.0 Å². The monoisotopic (exact) mass is 296 g/mol. The number of halogens is 2. The first-order valence-corrected chi connectivity index (χ1v) is 6.81. The molecule has 0 saturated carbocycles. The molecule has 18 heavy (non-hydrogen) atoms. The predicted molar refractivity (Wildman–Crippen MR) is 65.9 cm³/mol. The van der Waals surface area contributed by atoms with Crippen LogP contribution in [0, 0.1) is 5.82 Å². The summed E-state index contributed by atoms with van der Waals surface area (Å²) in [4.78, 5) is 10.9. The number of nitrogens with one attached hydrogen (secondary N) is 2. The van der Waals surface area contributed by atoms with Crippen LogP contribution in [-0.4, -0.2) is 27.9 Å². The topological polar surface area (TPSA) is 84.5 Å². The zero-order valence-corrected chi connectivity index (χ0v) is 11.0. The Hall–Kier alpha value is -1.54. The number of hydrogen-bond acceptors (Lipinski definition) is 4. The molecule has 0 saturated heterocycles. The first-order valence-electron chi connectivity index (χ1n) is 4.54. The van der Waals surface area contributed by atoms with Crippen LogP contribution in [0.5, 0.6) is 0 Å². The van der Waals surface area contributed by atoms with Gasteiger partial charge in [-0.25, -0.2) is 17.6 Å². The van der Waals surface area contributed by atoms with Crippen LogP contribution in [-0.2, 0) is 14.8 Å². The van der Waals surface area contributed by atoms with Crippen molar-refractivity contribution in [1.29, 1.82) is 0 Å². The number of amides is 1. The molecule has 9 heteroatoms. The molecule has 0 aliphatic rings. The van der Waals surface area contributed by atoms with E-state index < -0.39 is 21.9 Å². The van der Waals surface area contributed by atoms with E-state index in [-0.39, 0.29) is 16.4 Å². The van der Waals surface area contributed by atoms with Gasteiger partial charge in [0, 0.05) is 0 Å². The third-order valence-electron chi connectivity index (χ3n) is 1.77. The van der Waals surface area contributed by atoms with Crippen LogP contribution in [0.2, 0.25) is 5.02 Å². The summed E-state index contributed by atoms with van der Waals surface area (Å²) in [5, 5.41) is 1.95. The third-order valence-corrected chi connectivity index (χ3v) is 2.68. The van der Waals surface area contributed by atoms with Crippen molar-refractivity contribution in [2.75, 3.05) is 23.4 Å². The van der Waals surface area contributed by atoms with Gasteiger partial charge in [0.15, 0.2) is 0 Å². The van der Waals surface area contributed by atoms with Gasteiger partial charge in [0.1, 0.15) is 5.82 Å². The molecule has 0 bridgehead atoms. The molecule has 0 radical (unpaired) electrons. The Morgan fingerprint density at radius 1 is 1.39 bits per heavy atom. The molecular formula is C9H10ClFN2O4S. The number of anilines is 2. The highest BCUT2D eigenvalue weighted by atomic mass is 35.5. The Bertz CT molecular complexity index is 576. The van der Waals surface area contributed by atoms with Gasteiger partial charge in [-0.2, -0.15) is 0 Å². The largest absolute Gasteiger partial charge is 0.453 e. The van der Waals surface area contributed by atoms with E-state index in [9.17, 15) is 17.6 Å². The summed E-state index contributed by atoms with van der Waals surface area (Å²) in [7, 11) is -2.45. The molecule has 6 nitrogen and oxygen atoms in total. The van der Waals surface area contributed by atoms with Crippen LogP contribution in [0.4, 0.5) is 20.6 Å². The van der Waals surface area contributed by atoms with E-state index in [2.05, 4.69) is 14.8 Å². The first kappa shape index (κ1) is 14.5. The van der Waals surface area contributed by atoms with E-state index in [4.69, 9.17) is 11.6 Å². The smallest absolute Gasteiger partial charge is 0.411 e. The van der Waals surface area contributed by atoms with Crippen molar-refractivity contribution in [2.45, 2.75) is 0 Å². The SMILES string of the molecule is COC(=O)Nc1cc(NS(C)(=O)=O)c(Cl)cc1F. The van der Waals surface area contributed by atoms with Crippen LogP contribution in [0.25, 0.3) is 0 Å². The van der Waals surface area contributed by atoms with Gasteiger partial charge >= 0.3 is 6.09 Å². The Labute approximate surface area is 108 Å². The summed E-state index contributed by atoms with van der Waals surface area (Å²) in [6.45, 7) is 0. The van der Waals surface area contributed by atoms with Crippen LogP contribution in [0.1, 0.15) is 0 Å². The first-order chi connectivity index (χ1) is 8.23. The molecule has 100 valence electrons. The summed E-state index contributed by atoms with van der Waals surface area (Å²) in [6.07, 6.45) is 0.0293. The van der Waals surface area contributed by atoms with Crippen molar-refractivity contribution >= 4 is 39.1 Å². The Kier molecular flexibility index (Phi) is 4.36. The highest BCUT2D eigenvalue weighted by Gasteiger charge is 2.13. The molecule has 1 aromatic rings. The average Bonchev–Trinajstić information content (AvgIpc) is 2.23. The van der Waals surface area contributed by atoms with E-state index in [1.807, 2.05) is 0 Å². The third kappa shape index (κ3) is 4.04. The van der Waals surface area contributed by atoms with Crippen LogP contribution >= 0.6 is 11.6 Å². The van der Waals surface area contributed by atoms with Crippen molar-refractivity contribution in [3.05, 3.63) is 23.0 Å². The van der Waals surface area contributed by atoms with Crippen LogP contribution < -0.4 is 10.0 Å². The van der Waals surface area contributed by atoms with Gasteiger partial charge in [-0.05, 0) is 12.1 Å². The normalized spacial score (nSPS) is 10.9. The van der Waals surface area contributed by atoms with Crippen LogP contribution in [0.15, 0.2) is 12.1 Å². The number of hydrogen-bond donors (Lipinski definition) is 2. The zero-order chi connectivity index (χ0) is 13.9. The van der Waals surface area contributed by atoms with Crippen LogP contribution in [0.3, 0.4) is 0 Å². The molecule has 1 amide bonds. The standard InChI is InChI=1S/C9H10ClFN2O4S/c1-17-9(14)12-8-4-7(13-18(2,15)16)5(10)3-6(8)11/h3-4,13H,1-2H3,(H,12,14). The second-order valence-electron chi connectivity index (χ2n) is 3.30. The second-order valence-corrected chi connectivity index (χ2v) is 5.46. The van der Waals surface area contributed by atoms with Gasteiger partial charge in [-0.1, -0.05) is 11.6 Å². The van der Waals surface area contributed by atoms with Crippen molar-refractivity contribution in [1.82, 2.24) is 0 Å². The Morgan fingerprint density at radius 2 is 2.00 bits per heavy atom. The number of carbonyl (C=O) groups is 1. The van der Waals surface area contributed by atoms with Gasteiger partial charge in [0.2, 0.25) is 10.0 Å². The Morgan fingerprint density at radius 3 is 2.50 bits per heavy atom. The van der Waals surface area contributed by atoms with Gasteiger partial charge in [-0.15, -0.1) is 0 Å². The lowest BCUT2D eigenvalue weighted by molar-refractivity contribution is 0.187. The average molecular weight is 297 g/mol. The minimum Gasteiger partial charge on any atom is -0.453 e. The molecule has 0 aliphatic carbocycles.